The van der Waals surface area contributed by atoms with E-state index in [0.717, 1.165) is 35.1 Å². The Kier molecular flexibility index (Phi) is 3.92. The van der Waals surface area contributed by atoms with E-state index in [1.165, 1.54) is 17.5 Å². The number of benzene rings is 2. The standard InChI is InChI=1S/C23H21N5O/c1-23(2)8-7-19(16-5-3-14(11-24)9-18(16)23)26-15-4-6-20-17(10-15)22(28-27-20)21-12-25-13-29-21/h3-6,9-10,12-13,19,26H,7-8H2,1-2H3,(H,27,28). The molecule has 0 spiro atoms. The maximum Gasteiger partial charge on any atom is 0.181 e. The molecule has 2 N–H and O–H groups in total. The molecule has 1 unspecified atom stereocenters. The van der Waals surface area contributed by atoms with Crippen LogP contribution in [-0.2, 0) is 5.41 Å². The molecule has 0 fully saturated rings. The summed E-state index contributed by atoms with van der Waals surface area (Å²) in [5.41, 5.74) is 6.04. The number of hydrogen-bond donors (Lipinski definition) is 2. The summed E-state index contributed by atoms with van der Waals surface area (Å²) in [7, 11) is 0. The molecule has 0 amide bonds. The molecule has 0 aliphatic heterocycles. The zero-order valence-electron chi connectivity index (χ0n) is 16.4. The number of rotatable bonds is 3. The molecule has 144 valence electrons. The van der Waals surface area contributed by atoms with Gasteiger partial charge in [-0.3, -0.25) is 5.10 Å². The van der Waals surface area contributed by atoms with Gasteiger partial charge in [-0.1, -0.05) is 19.9 Å². The quantitative estimate of drug-likeness (QED) is 0.500. The molecular formula is C23H21N5O. The molecule has 0 radical (unpaired) electrons. The van der Waals surface area contributed by atoms with Crippen molar-refractivity contribution < 1.29 is 4.42 Å². The van der Waals surface area contributed by atoms with Crippen LogP contribution in [0.2, 0.25) is 0 Å². The van der Waals surface area contributed by atoms with Crippen LogP contribution in [0.4, 0.5) is 5.69 Å². The van der Waals surface area contributed by atoms with E-state index in [-0.39, 0.29) is 11.5 Å². The molecule has 2 heterocycles. The lowest BCUT2D eigenvalue weighted by molar-refractivity contribution is 0.406. The predicted octanol–water partition coefficient (Wildman–Crippen LogP) is 5.31. The van der Waals surface area contributed by atoms with Crippen LogP contribution < -0.4 is 5.32 Å². The van der Waals surface area contributed by atoms with E-state index in [4.69, 9.17) is 4.42 Å². The zero-order valence-corrected chi connectivity index (χ0v) is 16.4. The second-order valence-corrected chi connectivity index (χ2v) is 8.23. The first-order chi connectivity index (χ1) is 14.0. The van der Waals surface area contributed by atoms with Crippen LogP contribution in [0.5, 0.6) is 0 Å². The van der Waals surface area contributed by atoms with Gasteiger partial charge in [0.25, 0.3) is 0 Å². The molecule has 1 aliphatic carbocycles. The summed E-state index contributed by atoms with van der Waals surface area (Å²) in [6.07, 6.45) is 5.17. The highest BCUT2D eigenvalue weighted by Gasteiger charge is 2.33. The molecule has 5 rings (SSSR count). The summed E-state index contributed by atoms with van der Waals surface area (Å²) in [5, 5.41) is 21.4. The lowest BCUT2D eigenvalue weighted by atomic mass is 9.70. The van der Waals surface area contributed by atoms with Crippen LogP contribution >= 0.6 is 0 Å². The normalized spacial score (nSPS) is 17.6. The first-order valence-electron chi connectivity index (χ1n) is 9.73. The van der Waals surface area contributed by atoms with E-state index in [2.05, 4.69) is 58.6 Å². The van der Waals surface area contributed by atoms with Gasteiger partial charge in [0.1, 0.15) is 5.69 Å². The molecule has 29 heavy (non-hydrogen) atoms. The van der Waals surface area contributed by atoms with Gasteiger partial charge >= 0.3 is 0 Å². The number of anilines is 1. The summed E-state index contributed by atoms with van der Waals surface area (Å²) in [6, 6.07) is 14.7. The Labute approximate surface area is 168 Å². The molecule has 0 saturated carbocycles. The zero-order chi connectivity index (χ0) is 20.0. The van der Waals surface area contributed by atoms with Crippen molar-refractivity contribution in [1.29, 1.82) is 5.26 Å². The fourth-order valence-corrected chi connectivity index (χ4v) is 4.29. The number of fused-ring (bicyclic) bond motifs is 2. The molecule has 6 heteroatoms. The van der Waals surface area contributed by atoms with Crippen molar-refractivity contribution in [2.24, 2.45) is 0 Å². The third-order valence-corrected chi connectivity index (χ3v) is 5.91. The van der Waals surface area contributed by atoms with Crippen molar-refractivity contribution in [1.82, 2.24) is 15.2 Å². The first kappa shape index (κ1) is 17.5. The Bertz CT molecular complexity index is 1230. The Morgan fingerprint density at radius 3 is 2.93 bits per heavy atom. The second-order valence-electron chi connectivity index (χ2n) is 8.23. The van der Waals surface area contributed by atoms with Crippen molar-refractivity contribution in [3.05, 3.63) is 65.7 Å². The number of nitriles is 1. The molecule has 6 nitrogen and oxygen atoms in total. The number of nitrogens with zero attached hydrogens (tertiary/aromatic N) is 3. The summed E-state index contributed by atoms with van der Waals surface area (Å²) in [6.45, 7) is 4.51. The molecule has 2 aromatic heterocycles. The third-order valence-electron chi connectivity index (χ3n) is 5.91. The maximum absolute atomic E-state index is 9.31. The average Bonchev–Trinajstić information content (AvgIpc) is 3.39. The second kappa shape index (κ2) is 6.49. The average molecular weight is 383 g/mol. The predicted molar refractivity (Wildman–Crippen MR) is 111 cm³/mol. The van der Waals surface area contributed by atoms with E-state index in [1.807, 2.05) is 18.2 Å². The van der Waals surface area contributed by atoms with Gasteiger partial charge in [0.05, 0.1) is 29.4 Å². The molecule has 4 aromatic rings. The molecule has 2 aromatic carbocycles. The minimum atomic E-state index is 0.0638. The van der Waals surface area contributed by atoms with Gasteiger partial charge in [0, 0.05) is 11.1 Å². The monoisotopic (exact) mass is 383 g/mol. The van der Waals surface area contributed by atoms with E-state index < -0.39 is 0 Å². The third kappa shape index (κ3) is 2.95. The topological polar surface area (TPSA) is 90.5 Å². The highest BCUT2D eigenvalue weighted by molar-refractivity contribution is 5.93. The Morgan fingerprint density at radius 2 is 2.14 bits per heavy atom. The summed E-state index contributed by atoms with van der Waals surface area (Å²) in [5.74, 6) is 0.641. The van der Waals surface area contributed by atoms with E-state index in [1.54, 1.807) is 6.20 Å². The van der Waals surface area contributed by atoms with Crippen LogP contribution in [0.25, 0.3) is 22.4 Å². The van der Waals surface area contributed by atoms with Crippen LogP contribution in [0, 0.1) is 11.3 Å². The van der Waals surface area contributed by atoms with Crippen LogP contribution in [-0.4, -0.2) is 15.2 Å². The van der Waals surface area contributed by atoms with Gasteiger partial charge < -0.3 is 9.73 Å². The molecule has 1 aliphatic rings. The van der Waals surface area contributed by atoms with E-state index in [0.29, 0.717) is 11.3 Å². The number of oxazole rings is 1. The number of H-pyrrole nitrogens is 1. The number of aromatic amines is 1. The van der Waals surface area contributed by atoms with Gasteiger partial charge in [0.2, 0.25) is 0 Å². The maximum atomic E-state index is 9.31. The summed E-state index contributed by atoms with van der Waals surface area (Å²) >= 11 is 0. The van der Waals surface area contributed by atoms with Crippen LogP contribution in [0.3, 0.4) is 0 Å². The van der Waals surface area contributed by atoms with Crippen molar-refractivity contribution in [2.45, 2.75) is 38.1 Å². The summed E-state index contributed by atoms with van der Waals surface area (Å²) in [4.78, 5) is 3.99. The lowest BCUT2D eigenvalue weighted by Crippen LogP contribution is -2.29. The van der Waals surface area contributed by atoms with Gasteiger partial charge in [-0.25, -0.2) is 4.98 Å². The molecule has 0 saturated heterocycles. The van der Waals surface area contributed by atoms with Crippen LogP contribution in [0.1, 0.15) is 49.4 Å². The fourth-order valence-electron chi connectivity index (χ4n) is 4.29. The first-order valence-corrected chi connectivity index (χ1v) is 9.73. The number of hydrogen-bond acceptors (Lipinski definition) is 5. The Balaban J connectivity index is 1.52. The minimum absolute atomic E-state index is 0.0638. The highest BCUT2D eigenvalue weighted by Crippen LogP contribution is 2.43. The van der Waals surface area contributed by atoms with Gasteiger partial charge in [-0.2, -0.15) is 10.4 Å². The molecule has 1 atom stereocenters. The minimum Gasteiger partial charge on any atom is -0.442 e. The Morgan fingerprint density at radius 1 is 1.24 bits per heavy atom. The largest absolute Gasteiger partial charge is 0.442 e. The van der Waals surface area contributed by atoms with Crippen molar-refractivity contribution >= 4 is 16.6 Å². The Hall–Kier alpha value is -3.59. The number of aromatic nitrogens is 3. The molecule has 0 bridgehead atoms. The fraction of sp³-hybridized carbons (Fsp3) is 0.261. The SMILES string of the molecule is CC1(C)CCC(Nc2ccc3[nH]nc(-c4cnco4)c3c2)c2ccc(C#N)cc21. The van der Waals surface area contributed by atoms with E-state index >= 15 is 0 Å². The van der Waals surface area contributed by atoms with Crippen molar-refractivity contribution in [3.8, 4) is 17.5 Å². The van der Waals surface area contributed by atoms with Gasteiger partial charge in [0.15, 0.2) is 12.2 Å². The molecular weight excluding hydrogens is 362 g/mol. The lowest BCUT2D eigenvalue weighted by Gasteiger charge is -2.38. The number of nitrogens with one attached hydrogen (secondary N) is 2. The van der Waals surface area contributed by atoms with Gasteiger partial charge in [-0.05, 0) is 59.7 Å². The van der Waals surface area contributed by atoms with Crippen LogP contribution in [0.15, 0.2) is 53.4 Å². The smallest absolute Gasteiger partial charge is 0.181 e. The summed E-state index contributed by atoms with van der Waals surface area (Å²) < 4.78 is 5.43. The van der Waals surface area contributed by atoms with E-state index in [9.17, 15) is 5.26 Å². The highest BCUT2D eigenvalue weighted by atomic mass is 16.3. The van der Waals surface area contributed by atoms with Gasteiger partial charge in [-0.15, -0.1) is 0 Å². The van der Waals surface area contributed by atoms with Crippen molar-refractivity contribution in [3.63, 3.8) is 0 Å². The van der Waals surface area contributed by atoms with Crippen molar-refractivity contribution in [2.75, 3.05) is 5.32 Å².